The molecule has 0 aliphatic carbocycles. The van der Waals surface area contributed by atoms with Gasteiger partial charge in [-0.2, -0.15) is 4.39 Å². The Bertz CT molecular complexity index is 616. The Morgan fingerprint density at radius 3 is 2.63 bits per heavy atom. The summed E-state index contributed by atoms with van der Waals surface area (Å²) >= 11 is 5.38. The van der Waals surface area contributed by atoms with Crippen LogP contribution in [0.4, 0.5) is 8.78 Å². The molecule has 1 amide bonds. The van der Waals surface area contributed by atoms with Crippen molar-refractivity contribution in [2.45, 2.75) is 12.8 Å². The molecule has 0 fully saturated rings. The van der Waals surface area contributed by atoms with Gasteiger partial charge in [0.25, 0.3) is 0 Å². The Labute approximate surface area is 112 Å². The number of nitrogens with zero attached hydrogens (tertiary/aromatic N) is 2. The van der Waals surface area contributed by atoms with Gasteiger partial charge in [0, 0.05) is 18.8 Å². The van der Waals surface area contributed by atoms with Gasteiger partial charge in [-0.05, 0) is 13.0 Å². The lowest BCUT2D eigenvalue weighted by Gasteiger charge is -2.27. The fourth-order valence-corrected chi connectivity index (χ4v) is 1.92. The van der Waals surface area contributed by atoms with Crippen molar-refractivity contribution in [3.63, 3.8) is 0 Å². The molecule has 2 rings (SSSR count). The van der Waals surface area contributed by atoms with Gasteiger partial charge < -0.3 is 4.90 Å². The van der Waals surface area contributed by atoms with Crippen molar-refractivity contribution >= 4 is 23.3 Å². The van der Waals surface area contributed by atoms with Gasteiger partial charge in [-0.3, -0.25) is 9.59 Å². The third-order valence-corrected chi connectivity index (χ3v) is 3.19. The monoisotopic (exact) mass is 286 g/mol. The number of rotatable bonds is 1. The summed E-state index contributed by atoms with van der Waals surface area (Å²) in [6, 6.07) is 0.699. The molecule has 1 aliphatic heterocycles. The Hall–Kier alpha value is -1.82. The average molecular weight is 287 g/mol. The molecule has 7 heteroatoms. The van der Waals surface area contributed by atoms with E-state index in [9.17, 15) is 18.4 Å². The molecule has 100 valence electrons. The standard InChI is InChI=1S/C12H9ClF2N2O2/c1-5-3-8(18)9(12(19)17(5)2)10-7(14)4-6(13)11(15)16-10/h3-4,9H,1-2H3. The van der Waals surface area contributed by atoms with E-state index in [2.05, 4.69) is 4.98 Å². The van der Waals surface area contributed by atoms with E-state index in [4.69, 9.17) is 11.6 Å². The van der Waals surface area contributed by atoms with Gasteiger partial charge in [-0.15, -0.1) is 0 Å². The number of carbonyl (C=O) groups is 2. The molecular weight excluding hydrogens is 278 g/mol. The van der Waals surface area contributed by atoms with Crippen LogP contribution in [0.15, 0.2) is 17.8 Å². The summed E-state index contributed by atoms with van der Waals surface area (Å²) in [6.07, 6.45) is 1.19. The van der Waals surface area contributed by atoms with Crippen LogP contribution in [0.5, 0.6) is 0 Å². The molecular formula is C12H9ClF2N2O2. The number of amides is 1. The maximum Gasteiger partial charge on any atom is 0.243 e. The minimum Gasteiger partial charge on any atom is -0.318 e. The van der Waals surface area contributed by atoms with Crippen LogP contribution >= 0.6 is 11.6 Å². The fourth-order valence-electron chi connectivity index (χ4n) is 1.79. The molecule has 0 saturated carbocycles. The predicted molar refractivity (Wildman–Crippen MR) is 63.4 cm³/mol. The van der Waals surface area contributed by atoms with Crippen LogP contribution in [-0.4, -0.2) is 28.6 Å². The molecule has 1 unspecified atom stereocenters. The zero-order valence-electron chi connectivity index (χ0n) is 10.1. The predicted octanol–water partition coefficient (Wildman–Crippen LogP) is 2.04. The zero-order chi connectivity index (χ0) is 14.3. The van der Waals surface area contributed by atoms with E-state index in [1.54, 1.807) is 6.92 Å². The molecule has 0 aromatic carbocycles. The number of ketones is 1. The molecule has 0 bridgehead atoms. The van der Waals surface area contributed by atoms with E-state index in [1.807, 2.05) is 0 Å². The molecule has 1 aromatic rings. The van der Waals surface area contributed by atoms with E-state index in [0.717, 1.165) is 0 Å². The van der Waals surface area contributed by atoms with Crippen LogP contribution in [0.2, 0.25) is 5.02 Å². The van der Waals surface area contributed by atoms with Gasteiger partial charge in [-0.1, -0.05) is 11.6 Å². The van der Waals surface area contributed by atoms with Crippen molar-refractivity contribution in [3.8, 4) is 0 Å². The van der Waals surface area contributed by atoms with Crippen molar-refractivity contribution in [1.29, 1.82) is 0 Å². The van der Waals surface area contributed by atoms with E-state index < -0.39 is 40.1 Å². The third-order valence-electron chi connectivity index (χ3n) is 2.93. The SMILES string of the molecule is CC1=CC(=O)C(c2nc(F)c(Cl)cc2F)C(=O)N1C. The lowest BCUT2D eigenvalue weighted by Crippen LogP contribution is -2.39. The molecule has 1 aromatic heterocycles. The number of hydrogen-bond acceptors (Lipinski definition) is 3. The summed E-state index contributed by atoms with van der Waals surface area (Å²) in [5.41, 5.74) is -0.117. The smallest absolute Gasteiger partial charge is 0.243 e. The number of likely N-dealkylation sites (N-methyl/N-ethyl adjacent to an activating group) is 1. The minimum atomic E-state index is -1.47. The minimum absolute atomic E-state index is 0.432. The Morgan fingerprint density at radius 1 is 1.37 bits per heavy atom. The van der Waals surface area contributed by atoms with Crippen LogP contribution < -0.4 is 0 Å². The van der Waals surface area contributed by atoms with Gasteiger partial charge in [0.2, 0.25) is 11.9 Å². The van der Waals surface area contributed by atoms with Crippen LogP contribution in [0.3, 0.4) is 0 Å². The number of aromatic nitrogens is 1. The maximum atomic E-state index is 13.7. The fraction of sp³-hybridized carbons (Fsp3) is 0.250. The highest BCUT2D eigenvalue weighted by Gasteiger charge is 2.37. The number of carbonyl (C=O) groups excluding carboxylic acids is 2. The summed E-state index contributed by atoms with van der Waals surface area (Å²) in [5.74, 6) is -4.86. The highest BCUT2D eigenvalue weighted by atomic mass is 35.5. The van der Waals surface area contributed by atoms with E-state index in [0.29, 0.717) is 11.8 Å². The molecule has 0 radical (unpaired) electrons. The highest BCUT2D eigenvalue weighted by Crippen LogP contribution is 2.28. The average Bonchev–Trinajstić information content (AvgIpc) is 2.33. The van der Waals surface area contributed by atoms with Crippen molar-refractivity contribution in [2.75, 3.05) is 7.05 Å². The molecule has 1 atom stereocenters. The van der Waals surface area contributed by atoms with Crippen LogP contribution in [0.1, 0.15) is 18.5 Å². The van der Waals surface area contributed by atoms with Crippen molar-refractivity contribution < 1.29 is 18.4 Å². The van der Waals surface area contributed by atoms with Gasteiger partial charge >= 0.3 is 0 Å². The van der Waals surface area contributed by atoms with Crippen LogP contribution in [-0.2, 0) is 9.59 Å². The van der Waals surface area contributed by atoms with Crippen LogP contribution in [0, 0.1) is 11.8 Å². The first kappa shape index (κ1) is 13.6. The number of pyridine rings is 1. The normalized spacial score (nSPS) is 19.7. The Morgan fingerprint density at radius 2 is 2.00 bits per heavy atom. The van der Waals surface area contributed by atoms with E-state index in [-0.39, 0.29) is 0 Å². The molecule has 19 heavy (non-hydrogen) atoms. The highest BCUT2D eigenvalue weighted by molar-refractivity contribution is 6.30. The quantitative estimate of drug-likeness (QED) is 0.586. The second kappa shape index (κ2) is 4.70. The second-order valence-corrected chi connectivity index (χ2v) is 4.55. The number of hydrogen-bond donors (Lipinski definition) is 0. The first-order chi connectivity index (χ1) is 8.82. The van der Waals surface area contributed by atoms with Crippen molar-refractivity contribution in [1.82, 2.24) is 9.88 Å². The summed E-state index contributed by atoms with van der Waals surface area (Å²) in [6.45, 7) is 1.57. The van der Waals surface area contributed by atoms with Crippen molar-refractivity contribution in [2.24, 2.45) is 0 Å². The Kier molecular flexibility index (Phi) is 3.36. The summed E-state index contributed by atoms with van der Waals surface area (Å²) in [5, 5.41) is -0.503. The van der Waals surface area contributed by atoms with Crippen LogP contribution in [0.25, 0.3) is 0 Å². The van der Waals surface area contributed by atoms with Gasteiger partial charge in [-0.25, -0.2) is 9.37 Å². The second-order valence-electron chi connectivity index (χ2n) is 4.15. The van der Waals surface area contributed by atoms with Crippen molar-refractivity contribution in [3.05, 3.63) is 40.3 Å². The lowest BCUT2D eigenvalue weighted by molar-refractivity contribution is -0.135. The van der Waals surface area contributed by atoms with E-state index in [1.165, 1.54) is 18.0 Å². The molecule has 4 nitrogen and oxygen atoms in total. The third kappa shape index (κ3) is 2.23. The summed E-state index contributed by atoms with van der Waals surface area (Å²) in [4.78, 5) is 28.3. The Balaban J connectivity index is 2.56. The number of allylic oxidation sites excluding steroid dienone is 2. The summed E-state index contributed by atoms with van der Waals surface area (Å²) < 4.78 is 27.0. The lowest BCUT2D eigenvalue weighted by atomic mass is 9.93. The topological polar surface area (TPSA) is 50.3 Å². The molecule has 0 saturated heterocycles. The maximum absolute atomic E-state index is 13.7. The number of halogens is 3. The van der Waals surface area contributed by atoms with Gasteiger partial charge in [0.15, 0.2) is 5.78 Å². The molecule has 1 aliphatic rings. The van der Waals surface area contributed by atoms with E-state index >= 15 is 0 Å². The largest absolute Gasteiger partial charge is 0.318 e. The first-order valence-corrected chi connectivity index (χ1v) is 5.72. The molecule has 0 spiro atoms. The zero-order valence-corrected chi connectivity index (χ0v) is 10.8. The first-order valence-electron chi connectivity index (χ1n) is 5.34. The van der Waals surface area contributed by atoms with Gasteiger partial charge in [0.1, 0.15) is 11.7 Å². The molecule has 0 N–H and O–H groups in total. The van der Waals surface area contributed by atoms with Gasteiger partial charge in [0.05, 0.1) is 10.7 Å². The molecule has 2 heterocycles. The summed E-state index contributed by atoms with van der Waals surface area (Å²) in [7, 11) is 1.44.